The average Bonchev–Trinajstić information content (AvgIpc) is 1.60. The zero-order chi connectivity index (χ0) is 8.36. The Kier molecular flexibility index (Phi) is 3.48. The fraction of sp³-hybridized carbons (Fsp3) is 1.00. The van der Waals surface area contributed by atoms with Crippen LogP contribution >= 0.6 is 7.60 Å². The highest BCUT2D eigenvalue weighted by atomic mass is 31.2. The van der Waals surface area contributed by atoms with Gasteiger partial charge in [-0.25, -0.2) is 0 Å². The fourth-order valence-corrected chi connectivity index (χ4v) is 1.32. The van der Waals surface area contributed by atoms with Gasteiger partial charge in [0.05, 0.1) is 6.16 Å². The maximum absolute atomic E-state index is 10.3. The molecule has 6 N–H and O–H groups in total. The summed E-state index contributed by atoms with van der Waals surface area (Å²) >= 11 is 0. The molecule has 5 nitrogen and oxygen atoms in total. The van der Waals surface area contributed by atoms with Crippen LogP contribution < -0.4 is 11.5 Å². The highest BCUT2D eigenvalue weighted by molar-refractivity contribution is 7.51. The molecule has 0 saturated heterocycles. The predicted octanol–water partition coefficient (Wildman–Crippen LogP) is -1.16. The van der Waals surface area contributed by atoms with Gasteiger partial charge in [0.2, 0.25) is 0 Å². The van der Waals surface area contributed by atoms with Gasteiger partial charge in [-0.05, 0) is 6.92 Å². The molecule has 0 heterocycles. The number of hydrogen-bond acceptors (Lipinski definition) is 3. The summed E-state index contributed by atoms with van der Waals surface area (Å²) in [4.78, 5) is 16.8. The lowest BCUT2D eigenvalue weighted by Crippen LogP contribution is -2.41. The summed E-state index contributed by atoms with van der Waals surface area (Å²) in [6.07, 6.45) is -0.343. The Bertz CT molecular complexity index is 143. The van der Waals surface area contributed by atoms with Crippen molar-refractivity contribution in [3.63, 3.8) is 0 Å². The molecule has 10 heavy (non-hydrogen) atoms. The van der Waals surface area contributed by atoms with Gasteiger partial charge in [-0.2, -0.15) is 0 Å². The predicted molar refractivity (Wildman–Crippen MR) is 38.5 cm³/mol. The zero-order valence-electron chi connectivity index (χ0n) is 5.77. The molecule has 0 aliphatic carbocycles. The second-order valence-electron chi connectivity index (χ2n) is 2.37. The van der Waals surface area contributed by atoms with Crippen LogP contribution in [0.2, 0.25) is 0 Å². The van der Waals surface area contributed by atoms with Gasteiger partial charge in [-0.1, -0.05) is 0 Å². The van der Waals surface area contributed by atoms with Crippen LogP contribution in [-0.4, -0.2) is 28.0 Å². The highest BCUT2D eigenvalue weighted by Gasteiger charge is 2.20. The Hall–Kier alpha value is 0.0700. The number of hydrogen-bond donors (Lipinski definition) is 4. The molecule has 0 rings (SSSR count). The minimum Gasteiger partial charge on any atom is -0.327 e. The van der Waals surface area contributed by atoms with Crippen molar-refractivity contribution in [3.8, 4) is 0 Å². The third-order valence-corrected chi connectivity index (χ3v) is 2.02. The molecule has 0 aliphatic heterocycles. The van der Waals surface area contributed by atoms with E-state index >= 15 is 0 Å². The summed E-state index contributed by atoms with van der Waals surface area (Å²) in [6, 6.07) is -1.01. The van der Waals surface area contributed by atoms with Gasteiger partial charge < -0.3 is 21.3 Å². The molecular weight excluding hydrogens is 155 g/mol. The molecule has 2 atom stereocenters. The Morgan fingerprint density at radius 3 is 2.00 bits per heavy atom. The quantitative estimate of drug-likeness (QED) is 0.397. The van der Waals surface area contributed by atoms with E-state index in [4.69, 9.17) is 21.3 Å². The van der Waals surface area contributed by atoms with E-state index in [0.717, 1.165) is 0 Å². The lowest BCUT2D eigenvalue weighted by Gasteiger charge is -2.15. The van der Waals surface area contributed by atoms with E-state index in [-0.39, 0.29) is 12.2 Å². The summed E-state index contributed by atoms with van der Waals surface area (Å²) < 4.78 is 10.3. The van der Waals surface area contributed by atoms with Crippen LogP contribution in [0.4, 0.5) is 0 Å². The molecule has 0 aliphatic rings. The van der Waals surface area contributed by atoms with Gasteiger partial charge in [0, 0.05) is 12.1 Å². The van der Waals surface area contributed by atoms with Crippen molar-refractivity contribution in [2.24, 2.45) is 11.5 Å². The maximum atomic E-state index is 10.3. The first-order valence-corrected chi connectivity index (χ1v) is 4.68. The molecule has 0 bridgehead atoms. The van der Waals surface area contributed by atoms with Crippen molar-refractivity contribution >= 4 is 7.60 Å². The molecule has 62 valence electrons. The van der Waals surface area contributed by atoms with Gasteiger partial charge in [-0.15, -0.1) is 0 Å². The van der Waals surface area contributed by atoms with Crippen molar-refractivity contribution in [1.82, 2.24) is 0 Å². The van der Waals surface area contributed by atoms with E-state index in [1.165, 1.54) is 0 Å². The first kappa shape index (κ1) is 10.1. The smallest absolute Gasteiger partial charge is 0.327 e. The van der Waals surface area contributed by atoms with Crippen molar-refractivity contribution in [3.05, 3.63) is 0 Å². The third kappa shape index (κ3) is 4.90. The van der Waals surface area contributed by atoms with E-state index in [9.17, 15) is 4.57 Å². The highest BCUT2D eigenvalue weighted by Crippen LogP contribution is 2.34. The molecular formula is C4H13N2O3P. The normalized spacial score (nSPS) is 18.5. The summed E-state index contributed by atoms with van der Waals surface area (Å²) in [5.41, 5.74) is 10.6. The van der Waals surface area contributed by atoms with Gasteiger partial charge in [-0.3, -0.25) is 4.57 Å². The Morgan fingerprint density at radius 2 is 1.90 bits per heavy atom. The van der Waals surface area contributed by atoms with E-state index in [1.54, 1.807) is 6.92 Å². The molecule has 0 aromatic heterocycles. The molecule has 0 saturated carbocycles. The number of nitrogens with two attached hydrogens (primary N) is 2. The Labute approximate surface area is 59.6 Å². The van der Waals surface area contributed by atoms with Crippen LogP contribution in [-0.2, 0) is 4.57 Å². The first-order chi connectivity index (χ1) is 4.33. The molecule has 0 spiro atoms. The van der Waals surface area contributed by atoms with Crippen LogP contribution in [0, 0.1) is 0 Å². The second kappa shape index (κ2) is 3.46. The molecule has 0 radical (unpaired) electrons. The van der Waals surface area contributed by atoms with Gasteiger partial charge in [0.15, 0.2) is 0 Å². The van der Waals surface area contributed by atoms with E-state index in [1.807, 2.05) is 0 Å². The summed E-state index contributed by atoms with van der Waals surface area (Å²) in [7, 11) is -3.98. The third-order valence-electron chi connectivity index (χ3n) is 1.12. The minimum atomic E-state index is -3.98. The average molecular weight is 168 g/mol. The standard InChI is InChI=1S/C4H13N2O3P/c1-3(5)4(6)2-10(7,8)9/h3-4H,2,5-6H2,1H3,(H2,7,8,9). The van der Waals surface area contributed by atoms with Gasteiger partial charge >= 0.3 is 7.60 Å². The lowest BCUT2D eigenvalue weighted by atomic mass is 10.2. The molecule has 6 heteroatoms. The minimum absolute atomic E-state index is 0.343. The zero-order valence-corrected chi connectivity index (χ0v) is 6.66. The molecule has 0 amide bonds. The summed E-state index contributed by atoms with van der Waals surface area (Å²) in [5, 5.41) is 0. The largest absolute Gasteiger partial charge is 0.327 e. The van der Waals surface area contributed by atoms with Crippen molar-refractivity contribution in [2.75, 3.05) is 6.16 Å². The van der Waals surface area contributed by atoms with Crippen LogP contribution in [0.15, 0.2) is 0 Å². The second-order valence-corrected chi connectivity index (χ2v) is 4.06. The van der Waals surface area contributed by atoms with Crippen molar-refractivity contribution in [1.29, 1.82) is 0 Å². The van der Waals surface area contributed by atoms with Crippen LogP contribution in [0.5, 0.6) is 0 Å². The van der Waals surface area contributed by atoms with E-state index in [0.29, 0.717) is 0 Å². The topological polar surface area (TPSA) is 110 Å². The van der Waals surface area contributed by atoms with Crippen molar-refractivity contribution < 1.29 is 14.4 Å². The molecule has 2 unspecified atom stereocenters. The number of rotatable bonds is 3. The summed E-state index contributed by atoms with van der Waals surface area (Å²) in [5.74, 6) is 0. The maximum Gasteiger partial charge on any atom is 0.327 e. The molecule has 0 fully saturated rings. The van der Waals surface area contributed by atoms with Crippen LogP contribution in [0.1, 0.15) is 6.92 Å². The molecule has 0 aromatic carbocycles. The van der Waals surface area contributed by atoms with Crippen molar-refractivity contribution in [2.45, 2.75) is 19.0 Å². The first-order valence-electron chi connectivity index (χ1n) is 2.88. The van der Waals surface area contributed by atoms with Crippen LogP contribution in [0.25, 0.3) is 0 Å². The van der Waals surface area contributed by atoms with Gasteiger partial charge in [0.25, 0.3) is 0 Å². The molecule has 0 aromatic rings. The van der Waals surface area contributed by atoms with Gasteiger partial charge in [0.1, 0.15) is 0 Å². The monoisotopic (exact) mass is 168 g/mol. The SMILES string of the molecule is CC(N)C(N)CP(=O)(O)O. The fourth-order valence-electron chi connectivity index (χ4n) is 0.441. The van der Waals surface area contributed by atoms with Crippen LogP contribution in [0.3, 0.4) is 0 Å². The van der Waals surface area contributed by atoms with E-state index < -0.39 is 13.6 Å². The Balaban J connectivity index is 3.80. The Morgan fingerprint density at radius 1 is 1.50 bits per heavy atom. The van der Waals surface area contributed by atoms with E-state index in [2.05, 4.69) is 0 Å². The lowest BCUT2D eigenvalue weighted by molar-refractivity contribution is 0.365. The summed E-state index contributed by atoms with van der Waals surface area (Å²) in [6.45, 7) is 1.61.